The number of nitrogens with zero attached hydrogens (tertiary/aromatic N) is 2. The van der Waals surface area contributed by atoms with Crippen LogP contribution in [0, 0.1) is 12.3 Å². The Bertz CT molecular complexity index is 979. The van der Waals surface area contributed by atoms with Gasteiger partial charge in [0.25, 0.3) is 0 Å². The Hall–Kier alpha value is -2.54. The van der Waals surface area contributed by atoms with Crippen molar-refractivity contribution in [3.63, 3.8) is 0 Å². The van der Waals surface area contributed by atoms with Crippen LogP contribution in [0.15, 0.2) is 29.6 Å². The lowest BCUT2D eigenvalue weighted by Crippen LogP contribution is -2.47. The van der Waals surface area contributed by atoms with Crippen molar-refractivity contribution in [1.82, 2.24) is 9.80 Å². The molecule has 0 N–H and O–H groups in total. The number of hydrogen-bond acceptors (Lipinski definition) is 5. The second-order valence-corrected chi connectivity index (χ2v) is 11.0. The molecule has 0 saturated heterocycles. The Balaban J connectivity index is 1.82. The number of rotatable bonds is 9. The number of ether oxygens (including phenoxy) is 2. The van der Waals surface area contributed by atoms with Crippen LogP contribution in [0.3, 0.4) is 0 Å². The van der Waals surface area contributed by atoms with Crippen LogP contribution < -0.4 is 9.47 Å². The predicted octanol–water partition coefficient (Wildman–Crippen LogP) is 5.38. The van der Waals surface area contributed by atoms with Gasteiger partial charge < -0.3 is 19.3 Å². The zero-order valence-electron chi connectivity index (χ0n) is 20.6. The van der Waals surface area contributed by atoms with E-state index < -0.39 is 0 Å². The van der Waals surface area contributed by atoms with E-state index >= 15 is 0 Å². The number of benzene rings is 1. The quantitative estimate of drug-likeness (QED) is 0.492. The summed E-state index contributed by atoms with van der Waals surface area (Å²) < 4.78 is 10.9. The molecule has 33 heavy (non-hydrogen) atoms. The van der Waals surface area contributed by atoms with Crippen molar-refractivity contribution < 1.29 is 19.1 Å². The summed E-state index contributed by atoms with van der Waals surface area (Å²) in [6.45, 7) is 13.5. The Kier molecular flexibility index (Phi) is 8.05. The number of carbonyl (C=O) groups is 2. The number of carbonyl (C=O) groups excluding carboxylic acids is 2. The molecule has 1 aliphatic rings. The fourth-order valence-electron chi connectivity index (χ4n) is 3.74. The van der Waals surface area contributed by atoms with Crippen LogP contribution in [0.2, 0.25) is 0 Å². The highest BCUT2D eigenvalue weighted by Crippen LogP contribution is 2.33. The minimum Gasteiger partial charge on any atom is -0.454 e. The Morgan fingerprint density at radius 1 is 1.09 bits per heavy atom. The van der Waals surface area contributed by atoms with Gasteiger partial charge in [-0.2, -0.15) is 0 Å². The first-order valence-corrected chi connectivity index (χ1v) is 12.4. The first-order chi connectivity index (χ1) is 15.6. The predicted molar refractivity (Wildman–Crippen MR) is 131 cm³/mol. The summed E-state index contributed by atoms with van der Waals surface area (Å²) >= 11 is 1.65. The van der Waals surface area contributed by atoms with Gasteiger partial charge in [0.05, 0.1) is 6.54 Å². The maximum Gasteiger partial charge on any atom is 0.242 e. The maximum absolute atomic E-state index is 13.6. The molecule has 0 radical (unpaired) electrons. The molecule has 0 bridgehead atoms. The zero-order chi connectivity index (χ0) is 24.2. The normalized spacial score (nSPS) is 13.6. The molecule has 6 nitrogen and oxygen atoms in total. The summed E-state index contributed by atoms with van der Waals surface area (Å²) in [4.78, 5) is 31.4. The molecule has 0 saturated carbocycles. The van der Waals surface area contributed by atoms with Gasteiger partial charge in [0.2, 0.25) is 18.6 Å². The van der Waals surface area contributed by atoms with E-state index in [9.17, 15) is 9.59 Å². The van der Waals surface area contributed by atoms with E-state index in [4.69, 9.17) is 9.47 Å². The van der Waals surface area contributed by atoms with E-state index in [0.717, 1.165) is 22.6 Å². The molecule has 180 valence electrons. The van der Waals surface area contributed by atoms with E-state index in [1.165, 1.54) is 5.56 Å². The molecule has 0 aliphatic carbocycles. The van der Waals surface area contributed by atoms with Crippen LogP contribution in [0.5, 0.6) is 11.5 Å². The molecule has 0 spiro atoms. The summed E-state index contributed by atoms with van der Waals surface area (Å²) in [6.07, 6.45) is 1.21. The molecule has 2 amide bonds. The fraction of sp³-hybridized carbons (Fsp3) is 0.538. The first-order valence-electron chi connectivity index (χ1n) is 11.6. The fourth-order valence-corrected chi connectivity index (χ4v) is 4.66. The molecule has 1 aliphatic heterocycles. The van der Waals surface area contributed by atoms with Crippen molar-refractivity contribution in [2.75, 3.05) is 13.3 Å². The highest BCUT2D eigenvalue weighted by Gasteiger charge is 2.28. The maximum atomic E-state index is 13.6. The summed E-state index contributed by atoms with van der Waals surface area (Å²) in [5.41, 5.74) is 2.01. The Morgan fingerprint density at radius 2 is 1.82 bits per heavy atom. The van der Waals surface area contributed by atoms with E-state index in [1.54, 1.807) is 16.2 Å². The highest BCUT2D eigenvalue weighted by atomic mass is 32.1. The lowest BCUT2D eigenvalue weighted by molar-refractivity contribution is -0.144. The zero-order valence-corrected chi connectivity index (χ0v) is 21.5. The molecule has 1 aromatic carbocycles. The topological polar surface area (TPSA) is 59.1 Å². The van der Waals surface area contributed by atoms with Crippen LogP contribution in [0.1, 0.15) is 63.5 Å². The van der Waals surface area contributed by atoms with Crippen molar-refractivity contribution in [1.29, 1.82) is 0 Å². The third-order valence-corrected chi connectivity index (χ3v) is 6.90. The molecule has 1 atom stereocenters. The SMILES string of the molecule is CCC(C)N(CC(=O)N(Cc1ccc2c(c1)OCO2)Cc1sccc1C)C(=O)CC(C)(C)C. The first kappa shape index (κ1) is 25.1. The molecular weight excluding hydrogens is 436 g/mol. The number of aryl methyl sites for hydroxylation is 1. The molecule has 1 unspecified atom stereocenters. The lowest BCUT2D eigenvalue weighted by atomic mass is 9.91. The summed E-state index contributed by atoms with van der Waals surface area (Å²) in [7, 11) is 0. The van der Waals surface area contributed by atoms with Gasteiger partial charge in [-0.15, -0.1) is 11.3 Å². The highest BCUT2D eigenvalue weighted by molar-refractivity contribution is 7.10. The standard InChI is InChI=1S/C26H36N2O4S/c1-7-19(3)28(24(29)13-26(4,5)6)16-25(30)27(15-23-18(2)10-11-33-23)14-20-8-9-21-22(12-20)32-17-31-21/h8-12,19H,7,13-17H2,1-6H3. The van der Waals surface area contributed by atoms with E-state index in [1.807, 2.05) is 63.1 Å². The van der Waals surface area contributed by atoms with Crippen molar-refractivity contribution in [3.05, 3.63) is 45.6 Å². The number of thiophene rings is 1. The average molecular weight is 473 g/mol. The van der Waals surface area contributed by atoms with Crippen molar-refractivity contribution in [3.8, 4) is 11.5 Å². The van der Waals surface area contributed by atoms with Gasteiger partial charge in [-0.3, -0.25) is 9.59 Å². The van der Waals surface area contributed by atoms with Gasteiger partial charge in [0.1, 0.15) is 6.54 Å². The molecule has 0 fully saturated rings. The van der Waals surface area contributed by atoms with Crippen molar-refractivity contribution in [2.45, 2.75) is 73.5 Å². The van der Waals surface area contributed by atoms with E-state index in [-0.39, 0.29) is 36.6 Å². The van der Waals surface area contributed by atoms with Crippen LogP contribution in [0.4, 0.5) is 0 Å². The third kappa shape index (κ3) is 6.73. The summed E-state index contributed by atoms with van der Waals surface area (Å²) in [6, 6.07) is 7.85. The minimum absolute atomic E-state index is 0.000308. The molecule has 2 aromatic rings. The van der Waals surface area contributed by atoms with Gasteiger partial charge in [-0.25, -0.2) is 0 Å². The third-order valence-electron chi connectivity index (χ3n) is 5.90. The van der Waals surface area contributed by atoms with Gasteiger partial charge in [-0.05, 0) is 60.4 Å². The summed E-state index contributed by atoms with van der Waals surface area (Å²) in [5.74, 6) is 1.40. The van der Waals surface area contributed by atoms with Crippen LogP contribution >= 0.6 is 11.3 Å². The van der Waals surface area contributed by atoms with E-state index in [0.29, 0.717) is 25.3 Å². The average Bonchev–Trinajstić information content (AvgIpc) is 3.37. The lowest BCUT2D eigenvalue weighted by Gasteiger charge is -2.33. The van der Waals surface area contributed by atoms with Gasteiger partial charge in [0, 0.05) is 23.9 Å². The van der Waals surface area contributed by atoms with Crippen LogP contribution in [-0.2, 0) is 22.7 Å². The van der Waals surface area contributed by atoms with Gasteiger partial charge in [0.15, 0.2) is 11.5 Å². The van der Waals surface area contributed by atoms with Crippen molar-refractivity contribution in [2.24, 2.45) is 5.41 Å². The Labute approximate surface area is 201 Å². The molecule has 7 heteroatoms. The number of hydrogen-bond donors (Lipinski definition) is 0. The monoisotopic (exact) mass is 472 g/mol. The van der Waals surface area contributed by atoms with Crippen LogP contribution in [-0.4, -0.2) is 41.0 Å². The second kappa shape index (κ2) is 10.6. The number of fused-ring (bicyclic) bond motifs is 1. The van der Waals surface area contributed by atoms with Gasteiger partial charge in [-0.1, -0.05) is 33.8 Å². The number of amides is 2. The largest absolute Gasteiger partial charge is 0.454 e. The van der Waals surface area contributed by atoms with Gasteiger partial charge >= 0.3 is 0 Å². The van der Waals surface area contributed by atoms with E-state index in [2.05, 4.69) is 13.0 Å². The second-order valence-electron chi connectivity index (χ2n) is 9.98. The molecule has 2 heterocycles. The Morgan fingerprint density at radius 3 is 2.45 bits per heavy atom. The smallest absolute Gasteiger partial charge is 0.242 e. The summed E-state index contributed by atoms with van der Waals surface area (Å²) in [5, 5.41) is 2.05. The molecular formula is C26H36N2O4S. The molecule has 1 aromatic heterocycles. The minimum atomic E-state index is -0.133. The van der Waals surface area contributed by atoms with Crippen LogP contribution in [0.25, 0.3) is 0 Å². The van der Waals surface area contributed by atoms with Crippen molar-refractivity contribution >= 4 is 23.2 Å². The molecule has 3 rings (SSSR count).